The number of aliphatic carboxylic acids is 2. The van der Waals surface area contributed by atoms with Crippen molar-refractivity contribution in [3.63, 3.8) is 0 Å². The minimum atomic E-state index is -1.08. The highest BCUT2D eigenvalue weighted by Crippen LogP contribution is 2.44. The predicted octanol–water partition coefficient (Wildman–Crippen LogP) is 4.06. The third-order valence-corrected chi connectivity index (χ3v) is 7.43. The molecule has 8 nitrogen and oxygen atoms in total. The number of benzene rings is 2. The number of carbonyl (C=O) groups is 3. The predicted molar refractivity (Wildman–Crippen MR) is 130 cm³/mol. The van der Waals surface area contributed by atoms with Crippen molar-refractivity contribution in [1.82, 2.24) is 9.80 Å². The molecule has 0 spiro atoms. The number of carboxylic acid groups (broad SMARTS) is 3. The molecule has 2 aromatic carbocycles. The molecule has 3 N–H and O–H groups in total. The summed E-state index contributed by atoms with van der Waals surface area (Å²) in [6.45, 7) is 4.11. The second-order valence-corrected chi connectivity index (χ2v) is 9.49. The quantitative estimate of drug-likeness (QED) is 0.591. The molecule has 1 amide bonds. The number of hydrogen-bond donors (Lipinski definition) is 3. The first-order valence-electron chi connectivity index (χ1n) is 12.2. The van der Waals surface area contributed by atoms with E-state index in [1.807, 2.05) is 6.07 Å². The van der Waals surface area contributed by atoms with E-state index in [-0.39, 0.29) is 18.9 Å². The van der Waals surface area contributed by atoms with Crippen LogP contribution in [0.25, 0.3) is 0 Å². The average molecular weight is 481 g/mol. The lowest BCUT2D eigenvalue weighted by molar-refractivity contribution is -0.143. The zero-order valence-corrected chi connectivity index (χ0v) is 19.7. The Balaban J connectivity index is 0.000000314. The molecule has 2 bridgehead atoms. The van der Waals surface area contributed by atoms with E-state index in [2.05, 4.69) is 47.4 Å². The molecule has 6 rings (SSSR count). The molecule has 0 saturated carbocycles. The molecular formula is C27H32N2O6. The second kappa shape index (κ2) is 10.9. The van der Waals surface area contributed by atoms with E-state index in [9.17, 15) is 19.5 Å². The van der Waals surface area contributed by atoms with Crippen LogP contribution in [0.4, 0.5) is 4.79 Å². The summed E-state index contributed by atoms with van der Waals surface area (Å²) in [5.41, 5.74) is 4.98. The summed E-state index contributed by atoms with van der Waals surface area (Å²) in [7, 11) is 0. The molecule has 0 aliphatic carbocycles. The molecule has 4 heterocycles. The van der Waals surface area contributed by atoms with Gasteiger partial charge in [0, 0.05) is 13.1 Å². The largest absolute Gasteiger partial charge is 0.481 e. The van der Waals surface area contributed by atoms with E-state index in [0.717, 1.165) is 24.4 Å². The molecule has 2 atom stereocenters. The van der Waals surface area contributed by atoms with Crippen LogP contribution in [-0.4, -0.2) is 69.3 Å². The van der Waals surface area contributed by atoms with Gasteiger partial charge in [0.25, 0.3) is 0 Å². The lowest BCUT2D eigenvalue weighted by atomic mass is 9.72. The summed E-state index contributed by atoms with van der Waals surface area (Å²) in [6, 6.07) is 16.8. The van der Waals surface area contributed by atoms with Crippen LogP contribution in [-0.2, 0) is 16.0 Å². The van der Waals surface area contributed by atoms with Crippen molar-refractivity contribution in [1.29, 1.82) is 0 Å². The Kier molecular flexibility index (Phi) is 7.70. The summed E-state index contributed by atoms with van der Waals surface area (Å²) >= 11 is 0. The molecule has 3 fully saturated rings. The first-order valence-corrected chi connectivity index (χ1v) is 12.2. The topological polar surface area (TPSA) is 118 Å². The Bertz CT molecular complexity index is 1060. The van der Waals surface area contributed by atoms with Crippen LogP contribution in [0.15, 0.2) is 48.5 Å². The van der Waals surface area contributed by atoms with Gasteiger partial charge in [-0.05, 0) is 66.4 Å². The SMILES string of the molecule is O=C(O)CCC(=O)O.O=C(O)N1CCc2ccccc2[C@H]1c1ccccc1C1CN2CCC1CC2. The Morgan fingerprint density at radius 1 is 0.771 bits per heavy atom. The molecule has 4 aliphatic heterocycles. The molecule has 1 unspecified atom stereocenters. The van der Waals surface area contributed by atoms with Gasteiger partial charge in [-0.25, -0.2) is 4.79 Å². The smallest absolute Gasteiger partial charge is 0.408 e. The zero-order chi connectivity index (χ0) is 24.9. The van der Waals surface area contributed by atoms with Gasteiger partial charge in [-0.3, -0.25) is 14.5 Å². The van der Waals surface area contributed by atoms with Crippen molar-refractivity contribution >= 4 is 18.0 Å². The normalized spacial score (nSPS) is 24.6. The summed E-state index contributed by atoms with van der Waals surface area (Å²) in [5, 5.41) is 25.7. The summed E-state index contributed by atoms with van der Waals surface area (Å²) < 4.78 is 0. The molecule has 3 saturated heterocycles. The van der Waals surface area contributed by atoms with Crippen LogP contribution in [0.3, 0.4) is 0 Å². The van der Waals surface area contributed by atoms with Gasteiger partial charge >= 0.3 is 18.0 Å². The Morgan fingerprint density at radius 3 is 1.89 bits per heavy atom. The number of piperidine rings is 3. The van der Waals surface area contributed by atoms with Crippen molar-refractivity contribution in [2.45, 2.75) is 44.1 Å². The molecular weight excluding hydrogens is 448 g/mol. The van der Waals surface area contributed by atoms with Gasteiger partial charge in [0.15, 0.2) is 0 Å². The second-order valence-electron chi connectivity index (χ2n) is 9.49. The molecule has 4 aliphatic rings. The number of nitrogens with zero attached hydrogens (tertiary/aromatic N) is 2. The van der Waals surface area contributed by atoms with Gasteiger partial charge in [0.05, 0.1) is 18.9 Å². The third kappa shape index (κ3) is 5.65. The number of carboxylic acids is 2. The maximum absolute atomic E-state index is 12.1. The number of fused-ring (bicyclic) bond motifs is 4. The average Bonchev–Trinajstić information content (AvgIpc) is 2.87. The highest BCUT2D eigenvalue weighted by molar-refractivity contribution is 5.75. The summed E-state index contributed by atoms with van der Waals surface area (Å²) in [5.74, 6) is -0.901. The van der Waals surface area contributed by atoms with Crippen molar-refractivity contribution in [3.8, 4) is 0 Å². The van der Waals surface area contributed by atoms with Gasteiger partial charge < -0.3 is 20.2 Å². The van der Waals surface area contributed by atoms with E-state index in [1.165, 1.54) is 42.6 Å². The first kappa shape index (κ1) is 24.7. The summed E-state index contributed by atoms with van der Waals surface area (Å²) in [4.78, 5) is 35.6. The summed E-state index contributed by atoms with van der Waals surface area (Å²) in [6.07, 6.45) is 1.91. The van der Waals surface area contributed by atoms with E-state index in [4.69, 9.17) is 10.2 Å². The fraction of sp³-hybridized carbons (Fsp3) is 0.444. The maximum atomic E-state index is 12.1. The lowest BCUT2D eigenvalue weighted by Gasteiger charge is -2.46. The highest BCUT2D eigenvalue weighted by Gasteiger charge is 2.39. The van der Waals surface area contributed by atoms with Gasteiger partial charge in [-0.2, -0.15) is 0 Å². The van der Waals surface area contributed by atoms with E-state index < -0.39 is 18.0 Å². The Labute approximate surface area is 204 Å². The minimum Gasteiger partial charge on any atom is -0.481 e. The fourth-order valence-electron chi connectivity index (χ4n) is 5.74. The lowest BCUT2D eigenvalue weighted by Crippen LogP contribution is -2.47. The van der Waals surface area contributed by atoms with Crippen molar-refractivity contribution in [2.75, 3.05) is 26.2 Å². The molecule has 186 valence electrons. The monoisotopic (exact) mass is 480 g/mol. The number of hydrogen-bond acceptors (Lipinski definition) is 4. The Hall–Kier alpha value is -3.39. The zero-order valence-electron chi connectivity index (χ0n) is 19.7. The van der Waals surface area contributed by atoms with Crippen LogP contribution in [0.2, 0.25) is 0 Å². The fourth-order valence-corrected chi connectivity index (χ4v) is 5.74. The highest BCUT2D eigenvalue weighted by atomic mass is 16.4. The standard InChI is InChI=1S/C23H26N2O2.C4H6O4/c26-23(27)25-14-11-16-5-1-2-6-18(16)22(25)20-8-4-3-7-19(20)21-15-24-12-9-17(21)10-13-24;5-3(6)1-2-4(7)8/h1-8,17,21-22H,9-15H2,(H,26,27);1-2H2,(H,5,6)(H,7,8)/t21?,22-;/m0./s1. The maximum Gasteiger partial charge on any atom is 0.408 e. The van der Waals surface area contributed by atoms with Crippen LogP contribution >= 0.6 is 0 Å². The Morgan fingerprint density at radius 2 is 1.34 bits per heavy atom. The third-order valence-electron chi connectivity index (χ3n) is 7.43. The number of amides is 1. The first-order chi connectivity index (χ1) is 16.8. The van der Waals surface area contributed by atoms with Crippen molar-refractivity contribution in [3.05, 3.63) is 70.8 Å². The van der Waals surface area contributed by atoms with Crippen LogP contribution in [0.1, 0.15) is 59.9 Å². The van der Waals surface area contributed by atoms with E-state index in [0.29, 0.717) is 12.5 Å². The molecule has 2 aromatic rings. The molecule has 35 heavy (non-hydrogen) atoms. The molecule has 8 heteroatoms. The van der Waals surface area contributed by atoms with E-state index >= 15 is 0 Å². The molecule has 0 aromatic heterocycles. The number of rotatable bonds is 5. The molecule has 0 radical (unpaired) electrons. The van der Waals surface area contributed by atoms with Gasteiger partial charge in [0.2, 0.25) is 0 Å². The van der Waals surface area contributed by atoms with Crippen LogP contribution in [0, 0.1) is 5.92 Å². The van der Waals surface area contributed by atoms with Gasteiger partial charge in [0.1, 0.15) is 0 Å². The minimum absolute atomic E-state index is 0.195. The van der Waals surface area contributed by atoms with Crippen molar-refractivity contribution < 1.29 is 29.7 Å². The van der Waals surface area contributed by atoms with Crippen LogP contribution < -0.4 is 0 Å². The van der Waals surface area contributed by atoms with Gasteiger partial charge in [-0.1, -0.05) is 48.5 Å². The van der Waals surface area contributed by atoms with Crippen molar-refractivity contribution in [2.24, 2.45) is 5.92 Å². The van der Waals surface area contributed by atoms with E-state index in [1.54, 1.807) is 4.90 Å². The van der Waals surface area contributed by atoms with Gasteiger partial charge in [-0.15, -0.1) is 0 Å². The van der Waals surface area contributed by atoms with Crippen LogP contribution in [0.5, 0.6) is 0 Å².